The number of hydrogen-bond donors (Lipinski definition) is 1. The maximum Gasteiger partial charge on any atom is 0.216 e. The van der Waals surface area contributed by atoms with Crippen LogP contribution in [0.5, 0.6) is 5.75 Å². The number of halogens is 1. The van der Waals surface area contributed by atoms with Crippen LogP contribution in [0.1, 0.15) is 22.9 Å². The van der Waals surface area contributed by atoms with Crippen LogP contribution in [0.2, 0.25) is 5.02 Å². The summed E-state index contributed by atoms with van der Waals surface area (Å²) in [5, 5.41) is 11.6. The van der Waals surface area contributed by atoms with Crippen molar-refractivity contribution in [1.82, 2.24) is 14.9 Å². The van der Waals surface area contributed by atoms with Crippen molar-refractivity contribution >= 4 is 30.0 Å². The van der Waals surface area contributed by atoms with E-state index in [1.54, 1.807) is 13.1 Å². The van der Waals surface area contributed by atoms with Gasteiger partial charge in [-0.2, -0.15) is 14.9 Å². The van der Waals surface area contributed by atoms with Crippen molar-refractivity contribution < 1.29 is 9.15 Å². The lowest BCUT2D eigenvalue weighted by Crippen LogP contribution is -1.94. The molecule has 2 heterocycles. The van der Waals surface area contributed by atoms with E-state index in [1.807, 2.05) is 37.3 Å². The molecule has 0 saturated heterocycles. The molecular formula is C16H15ClN4O2S. The smallest absolute Gasteiger partial charge is 0.216 e. The molecule has 0 fully saturated rings. The first-order valence-corrected chi connectivity index (χ1v) is 7.97. The van der Waals surface area contributed by atoms with Gasteiger partial charge in [0.05, 0.1) is 6.21 Å². The predicted molar refractivity (Wildman–Crippen MR) is 94.4 cm³/mol. The molecule has 0 unspecified atom stereocenters. The lowest BCUT2D eigenvalue weighted by Gasteiger charge is -2.05. The minimum atomic E-state index is 0.319. The molecule has 0 spiro atoms. The van der Waals surface area contributed by atoms with Gasteiger partial charge in [-0.3, -0.25) is 5.10 Å². The molecule has 0 aliphatic rings. The second-order valence-corrected chi connectivity index (χ2v) is 5.93. The molecule has 0 aliphatic heterocycles. The van der Waals surface area contributed by atoms with Gasteiger partial charge in [0.1, 0.15) is 29.7 Å². The van der Waals surface area contributed by atoms with Gasteiger partial charge < -0.3 is 9.15 Å². The van der Waals surface area contributed by atoms with Crippen LogP contribution >= 0.6 is 23.8 Å². The average Bonchev–Trinajstić information content (AvgIpc) is 3.14. The number of furan rings is 1. The number of aromatic nitrogens is 3. The van der Waals surface area contributed by atoms with E-state index in [1.165, 1.54) is 4.68 Å². The summed E-state index contributed by atoms with van der Waals surface area (Å²) in [5.41, 5.74) is 0.966. The van der Waals surface area contributed by atoms with Gasteiger partial charge in [-0.05, 0) is 62.0 Å². The molecule has 0 bridgehead atoms. The van der Waals surface area contributed by atoms with E-state index in [2.05, 4.69) is 15.3 Å². The third-order valence-corrected chi connectivity index (χ3v) is 3.99. The fourth-order valence-corrected chi connectivity index (χ4v) is 2.37. The summed E-state index contributed by atoms with van der Waals surface area (Å²) in [6.07, 6.45) is 1.58. The highest BCUT2D eigenvalue weighted by atomic mass is 35.5. The van der Waals surface area contributed by atoms with Crippen molar-refractivity contribution in [3.05, 3.63) is 63.0 Å². The van der Waals surface area contributed by atoms with Gasteiger partial charge in [-0.1, -0.05) is 11.6 Å². The van der Waals surface area contributed by atoms with E-state index < -0.39 is 0 Å². The largest absolute Gasteiger partial charge is 0.486 e. The number of aromatic amines is 1. The van der Waals surface area contributed by atoms with Crippen molar-refractivity contribution in [2.75, 3.05) is 0 Å². The van der Waals surface area contributed by atoms with Crippen molar-refractivity contribution in [2.24, 2.45) is 5.10 Å². The Balaban J connectivity index is 1.65. The van der Waals surface area contributed by atoms with E-state index in [0.29, 0.717) is 33.7 Å². The quantitative estimate of drug-likeness (QED) is 0.543. The minimum absolute atomic E-state index is 0.319. The first kappa shape index (κ1) is 16.5. The third-order valence-electron chi connectivity index (χ3n) is 3.31. The molecule has 3 rings (SSSR count). The highest BCUT2D eigenvalue weighted by Crippen LogP contribution is 2.22. The van der Waals surface area contributed by atoms with Crippen molar-refractivity contribution in [3.8, 4) is 5.75 Å². The topological polar surface area (TPSA) is 68.3 Å². The van der Waals surface area contributed by atoms with Crippen LogP contribution in [-0.4, -0.2) is 21.1 Å². The van der Waals surface area contributed by atoms with E-state index in [4.69, 9.17) is 33.0 Å². The number of nitrogens with one attached hydrogen (secondary N) is 1. The Morgan fingerprint density at radius 3 is 2.92 bits per heavy atom. The van der Waals surface area contributed by atoms with Gasteiger partial charge in [-0.25, -0.2) is 0 Å². The zero-order valence-electron chi connectivity index (χ0n) is 13.1. The number of benzene rings is 1. The van der Waals surface area contributed by atoms with Gasteiger partial charge in [0.25, 0.3) is 0 Å². The Morgan fingerprint density at radius 1 is 1.38 bits per heavy atom. The van der Waals surface area contributed by atoms with Crippen LogP contribution in [0.25, 0.3) is 0 Å². The number of rotatable bonds is 5. The fraction of sp³-hybridized carbons (Fsp3) is 0.188. The zero-order chi connectivity index (χ0) is 17.1. The Labute approximate surface area is 148 Å². The van der Waals surface area contributed by atoms with Crippen LogP contribution in [0.4, 0.5) is 0 Å². The van der Waals surface area contributed by atoms with Crippen LogP contribution < -0.4 is 4.74 Å². The molecule has 124 valence electrons. The lowest BCUT2D eigenvalue weighted by atomic mass is 10.2. The van der Waals surface area contributed by atoms with E-state index >= 15 is 0 Å². The second kappa shape index (κ2) is 7.02. The number of aryl methyl sites for hydroxylation is 2. The third kappa shape index (κ3) is 3.74. The fourth-order valence-electron chi connectivity index (χ4n) is 2.02. The highest BCUT2D eigenvalue weighted by molar-refractivity contribution is 7.71. The Kier molecular flexibility index (Phi) is 4.82. The SMILES string of the molecule is Cc1cc(OCc2ccc(/C=N\n3c(C)n[nH]c3=S)o2)ccc1Cl. The summed E-state index contributed by atoms with van der Waals surface area (Å²) < 4.78 is 13.3. The van der Waals surface area contributed by atoms with Gasteiger partial charge >= 0.3 is 0 Å². The van der Waals surface area contributed by atoms with E-state index in [9.17, 15) is 0 Å². The van der Waals surface area contributed by atoms with E-state index in [0.717, 1.165) is 11.3 Å². The highest BCUT2D eigenvalue weighted by Gasteiger charge is 2.04. The first-order chi connectivity index (χ1) is 11.5. The average molecular weight is 363 g/mol. The molecule has 0 aliphatic carbocycles. The summed E-state index contributed by atoms with van der Waals surface area (Å²) in [4.78, 5) is 0. The summed E-state index contributed by atoms with van der Waals surface area (Å²) >= 11 is 11.1. The monoisotopic (exact) mass is 362 g/mol. The molecule has 8 heteroatoms. The van der Waals surface area contributed by atoms with E-state index in [-0.39, 0.29) is 0 Å². The maximum absolute atomic E-state index is 6.00. The van der Waals surface area contributed by atoms with Gasteiger partial charge in [0, 0.05) is 5.02 Å². The number of H-pyrrole nitrogens is 1. The Hall–Kier alpha value is -2.38. The molecule has 0 radical (unpaired) electrons. The molecule has 2 aromatic heterocycles. The normalized spacial score (nSPS) is 11.3. The zero-order valence-corrected chi connectivity index (χ0v) is 14.7. The molecule has 1 N–H and O–H groups in total. The lowest BCUT2D eigenvalue weighted by molar-refractivity contribution is 0.269. The van der Waals surface area contributed by atoms with Crippen molar-refractivity contribution in [1.29, 1.82) is 0 Å². The molecule has 3 aromatic rings. The molecule has 6 nitrogen and oxygen atoms in total. The van der Waals surface area contributed by atoms with Crippen LogP contribution in [0.15, 0.2) is 39.9 Å². The standard InChI is InChI=1S/C16H15ClN4O2S/c1-10-7-12(5-6-15(10)17)22-9-14-4-3-13(23-14)8-18-21-11(2)19-20-16(21)24/h3-8H,9H2,1-2H3,(H,20,24)/b18-8-. The molecule has 0 atom stereocenters. The van der Waals surface area contributed by atoms with Crippen molar-refractivity contribution in [3.63, 3.8) is 0 Å². The number of nitrogens with zero attached hydrogens (tertiary/aromatic N) is 3. The van der Waals surface area contributed by atoms with Gasteiger partial charge in [0.15, 0.2) is 0 Å². The second-order valence-electron chi connectivity index (χ2n) is 5.14. The molecule has 1 aromatic carbocycles. The number of hydrogen-bond acceptors (Lipinski definition) is 5. The molecule has 0 saturated carbocycles. The summed E-state index contributed by atoms with van der Waals surface area (Å²) in [5.74, 6) is 2.70. The van der Waals surface area contributed by atoms with Crippen molar-refractivity contribution in [2.45, 2.75) is 20.5 Å². The molecule has 24 heavy (non-hydrogen) atoms. The molecule has 0 amide bonds. The van der Waals surface area contributed by atoms with Crippen LogP contribution in [0.3, 0.4) is 0 Å². The van der Waals surface area contributed by atoms with Crippen LogP contribution in [-0.2, 0) is 6.61 Å². The Bertz CT molecular complexity index is 942. The molecular weight excluding hydrogens is 348 g/mol. The van der Waals surface area contributed by atoms with Crippen LogP contribution in [0, 0.1) is 18.6 Å². The number of ether oxygens (including phenoxy) is 1. The predicted octanol–water partition coefficient (Wildman–Crippen LogP) is 4.27. The summed E-state index contributed by atoms with van der Waals surface area (Å²) in [6, 6.07) is 9.17. The minimum Gasteiger partial charge on any atom is -0.486 e. The maximum atomic E-state index is 6.00. The van der Waals surface area contributed by atoms with Gasteiger partial charge in [0.2, 0.25) is 4.77 Å². The first-order valence-electron chi connectivity index (χ1n) is 7.19. The van der Waals surface area contributed by atoms with Gasteiger partial charge in [-0.15, -0.1) is 0 Å². The Morgan fingerprint density at radius 2 is 2.21 bits per heavy atom. The summed E-state index contributed by atoms with van der Waals surface area (Å²) in [6.45, 7) is 4.05. The summed E-state index contributed by atoms with van der Waals surface area (Å²) in [7, 11) is 0.